The normalized spacial score (nSPS) is 19.2. The van der Waals surface area contributed by atoms with Gasteiger partial charge < -0.3 is 5.32 Å². The molecule has 2 aliphatic heterocycles. The van der Waals surface area contributed by atoms with Crippen LogP contribution in [0.25, 0.3) is 10.1 Å². The van der Waals surface area contributed by atoms with Crippen molar-refractivity contribution in [1.29, 1.82) is 0 Å². The highest BCUT2D eigenvalue weighted by molar-refractivity contribution is 7.89. The summed E-state index contributed by atoms with van der Waals surface area (Å²) in [5.41, 5.74) is 2.53. The Labute approximate surface area is 156 Å². The van der Waals surface area contributed by atoms with Gasteiger partial charge in [-0.25, -0.2) is 8.42 Å². The van der Waals surface area contributed by atoms with Crippen LogP contribution in [0.4, 0.5) is 0 Å². The van der Waals surface area contributed by atoms with Gasteiger partial charge in [-0.15, -0.1) is 11.3 Å². The summed E-state index contributed by atoms with van der Waals surface area (Å²) in [7, 11) is -3.45. The highest BCUT2D eigenvalue weighted by atomic mass is 32.2. The van der Waals surface area contributed by atoms with Gasteiger partial charge in [0.15, 0.2) is 0 Å². The summed E-state index contributed by atoms with van der Waals surface area (Å²) < 4.78 is 31.0. The van der Waals surface area contributed by atoms with Gasteiger partial charge in [0.05, 0.1) is 17.9 Å². The molecular formula is C18H20N4O2S2. The summed E-state index contributed by atoms with van der Waals surface area (Å²) in [6, 6.07) is 7.98. The van der Waals surface area contributed by atoms with E-state index in [2.05, 4.69) is 15.1 Å². The number of nitrogens with zero attached hydrogens (tertiary/aromatic N) is 3. The van der Waals surface area contributed by atoms with Crippen LogP contribution in [0.1, 0.15) is 30.1 Å². The van der Waals surface area contributed by atoms with E-state index >= 15 is 0 Å². The Morgan fingerprint density at radius 3 is 2.81 bits per heavy atom. The van der Waals surface area contributed by atoms with Crippen molar-refractivity contribution in [2.45, 2.75) is 36.9 Å². The van der Waals surface area contributed by atoms with Crippen LogP contribution < -0.4 is 5.32 Å². The van der Waals surface area contributed by atoms with E-state index in [9.17, 15) is 8.42 Å². The monoisotopic (exact) mass is 388 g/mol. The molecule has 0 radical (unpaired) electrons. The first kappa shape index (κ1) is 16.4. The molecule has 26 heavy (non-hydrogen) atoms. The lowest BCUT2D eigenvalue weighted by molar-refractivity contribution is 0.257. The lowest BCUT2D eigenvalue weighted by atomic mass is 10.1. The zero-order chi connectivity index (χ0) is 17.7. The van der Waals surface area contributed by atoms with Gasteiger partial charge in [0.2, 0.25) is 10.0 Å². The van der Waals surface area contributed by atoms with E-state index in [1.54, 1.807) is 9.69 Å². The predicted molar refractivity (Wildman–Crippen MR) is 102 cm³/mol. The lowest BCUT2D eigenvalue weighted by Crippen LogP contribution is -2.39. The standard InChI is InChI=1S/C18H20N4O2S2/c23-26(24,18-12-25-17-4-2-1-3-15(17)18)21-7-5-14(6-8-21)22-16-11-19-9-13(16)10-20-22/h1-4,10,12,14,19H,5-9,11H2. The molecule has 1 aromatic carbocycles. The summed E-state index contributed by atoms with van der Waals surface area (Å²) in [4.78, 5) is 0.445. The fourth-order valence-corrected chi connectivity index (χ4v) is 6.96. The van der Waals surface area contributed by atoms with Crippen LogP contribution >= 0.6 is 11.3 Å². The summed E-state index contributed by atoms with van der Waals surface area (Å²) in [5, 5.41) is 10.5. The molecule has 0 aliphatic carbocycles. The molecule has 4 heterocycles. The fraction of sp³-hybridized carbons (Fsp3) is 0.389. The summed E-state index contributed by atoms with van der Waals surface area (Å²) in [6.45, 7) is 2.82. The van der Waals surface area contributed by atoms with Gasteiger partial charge in [-0.3, -0.25) is 4.68 Å². The van der Waals surface area contributed by atoms with Crippen LogP contribution in [0.15, 0.2) is 40.7 Å². The molecule has 1 fully saturated rings. The van der Waals surface area contributed by atoms with Gasteiger partial charge in [-0.1, -0.05) is 18.2 Å². The van der Waals surface area contributed by atoms with Crippen molar-refractivity contribution in [3.63, 3.8) is 0 Å². The zero-order valence-electron chi connectivity index (χ0n) is 14.3. The Morgan fingerprint density at radius 2 is 1.96 bits per heavy atom. The average Bonchev–Trinajstić information content (AvgIpc) is 3.37. The second kappa shape index (κ2) is 6.16. The number of fused-ring (bicyclic) bond motifs is 2. The lowest BCUT2D eigenvalue weighted by Gasteiger charge is -2.31. The number of aromatic nitrogens is 2. The van der Waals surface area contributed by atoms with Crippen molar-refractivity contribution in [3.8, 4) is 0 Å². The predicted octanol–water partition coefficient (Wildman–Crippen LogP) is 2.73. The van der Waals surface area contributed by atoms with Gasteiger partial charge in [-0.05, 0) is 18.9 Å². The molecule has 1 saturated heterocycles. The Morgan fingerprint density at radius 1 is 1.15 bits per heavy atom. The van der Waals surface area contributed by atoms with Crippen LogP contribution in [0.3, 0.4) is 0 Å². The van der Waals surface area contributed by atoms with Gasteiger partial charge in [0.25, 0.3) is 0 Å². The van der Waals surface area contributed by atoms with E-state index in [0.29, 0.717) is 18.0 Å². The second-order valence-electron chi connectivity index (χ2n) is 6.90. The van der Waals surface area contributed by atoms with Gasteiger partial charge in [0, 0.05) is 47.2 Å². The maximum absolute atomic E-state index is 13.1. The van der Waals surface area contributed by atoms with Crippen molar-refractivity contribution in [2.24, 2.45) is 0 Å². The topological polar surface area (TPSA) is 67.2 Å². The van der Waals surface area contributed by atoms with E-state index in [1.807, 2.05) is 30.5 Å². The number of nitrogens with one attached hydrogen (secondary N) is 1. The summed E-state index contributed by atoms with van der Waals surface area (Å²) in [5.74, 6) is 0. The van der Waals surface area contributed by atoms with Gasteiger partial charge in [0.1, 0.15) is 4.90 Å². The highest BCUT2D eigenvalue weighted by Gasteiger charge is 2.33. The number of piperidine rings is 1. The van der Waals surface area contributed by atoms with E-state index in [0.717, 1.165) is 36.0 Å². The first-order valence-electron chi connectivity index (χ1n) is 8.87. The van der Waals surface area contributed by atoms with Crippen LogP contribution in [0.5, 0.6) is 0 Å². The second-order valence-corrected chi connectivity index (χ2v) is 9.71. The molecule has 0 saturated carbocycles. The molecule has 5 rings (SSSR count). The Kier molecular flexibility index (Phi) is 3.89. The van der Waals surface area contributed by atoms with Gasteiger partial charge in [-0.2, -0.15) is 9.40 Å². The van der Waals surface area contributed by atoms with Crippen molar-refractivity contribution < 1.29 is 8.42 Å². The SMILES string of the molecule is O=S(=O)(c1csc2ccccc12)N1CCC(n2ncc3c2CNC3)CC1. The quantitative estimate of drug-likeness (QED) is 0.749. The number of sulfonamides is 1. The van der Waals surface area contributed by atoms with Crippen LogP contribution in [0, 0.1) is 0 Å². The van der Waals surface area contributed by atoms with Crippen molar-refractivity contribution in [3.05, 3.63) is 47.1 Å². The van der Waals surface area contributed by atoms with Crippen LogP contribution in [-0.2, 0) is 23.1 Å². The number of benzene rings is 1. The number of hydrogen-bond donors (Lipinski definition) is 1. The maximum atomic E-state index is 13.1. The maximum Gasteiger partial charge on any atom is 0.244 e. The van der Waals surface area contributed by atoms with E-state index in [4.69, 9.17) is 0 Å². The summed E-state index contributed by atoms with van der Waals surface area (Å²) in [6.07, 6.45) is 3.54. The molecule has 6 nitrogen and oxygen atoms in total. The van der Waals surface area contributed by atoms with E-state index in [1.165, 1.54) is 22.6 Å². The summed E-state index contributed by atoms with van der Waals surface area (Å²) >= 11 is 1.49. The molecule has 0 bridgehead atoms. The largest absolute Gasteiger partial charge is 0.307 e. The van der Waals surface area contributed by atoms with Crippen LogP contribution in [0.2, 0.25) is 0 Å². The van der Waals surface area contributed by atoms with Crippen molar-refractivity contribution in [2.75, 3.05) is 13.1 Å². The fourth-order valence-electron chi connectivity index (χ4n) is 4.02. The molecule has 2 aromatic heterocycles. The number of thiophene rings is 1. The van der Waals surface area contributed by atoms with Crippen molar-refractivity contribution >= 4 is 31.4 Å². The minimum absolute atomic E-state index is 0.282. The molecule has 3 aromatic rings. The Balaban J connectivity index is 1.37. The average molecular weight is 389 g/mol. The van der Waals surface area contributed by atoms with Crippen molar-refractivity contribution in [1.82, 2.24) is 19.4 Å². The Bertz CT molecular complexity index is 1060. The van der Waals surface area contributed by atoms with E-state index in [-0.39, 0.29) is 6.04 Å². The third-order valence-electron chi connectivity index (χ3n) is 5.43. The minimum Gasteiger partial charge on any atom is -0.307 e. The highest BCUT2D eigenvalue weighted by Crippen LogP contribution is 2.34. The molecule has 0 atom stereocenters. The molecular weight excluding hydrogens is 368 g/mol. The smallest absolute Gasteiger partial charge is 0.244 e. The molecule has 0 spiro atoms. The first-order valence-corrected chi connectivity index (χ1v) is 11.2. The third kappa shape index (κ3) is 2.51. The minimum atomic E-state index is -3.45. The molecule has 2 aliphatic rings. The number of rotatable bonds is 3. The molecule has 136 valence electrons. The number of hydrogen-bond acceptors (Lipinski definition) is 5. The van der Waals surface area contributed by atoms with E-state index < -0.39 is 10.0 Å². The molecule has 0 unspecified atom stereocenters. The van der Waals surface area contributed by atoms with Crippen LogP contribution in [-0.4, -0.2) is 35.6 Å². The first-order chi connectivity index (χ1) is 12.6. The molecule has 1 N–H and O–H groups in total. The van der Waals surface area contributed by atoms with Gasteiger partial charge >= 0.3 is 0 Å². The molecule has 0 amide bonds. The Hall–Kier alpha value is -1.74. The zero-order valence-corrected chi connectivity index (χ0v) is 15.9. The third-order valence-corrected chi connectivity index (χ3v) is 8.48. The molecule has 8 heteroatoms.